The number of amides is 1. The Morgan fingerprint density at radius 1 is 1.05 bits per heavy atom. The number of rotatable bonds is 17. The number of ether oxygens (including phenoxy) is 1. The molecule has 1 aliphatic heterocycles. The van der Waals surface area contributed by atoms with Crippen LogP contribution in [0.2, 0.25) is 0 Å². The molecule has 304 valence electrons. The van der Waals surface area contributed by atoms with Crippen molar-refractivity contribution in [2.45, 2.75) is 90.8 Å². The van der Waals surface area contributed by atoms with Crippen LogP contribution in [-0.2, 0) is 29.1 Å². The Morgan fingerprint density at radius 3 is 2.43 bits per heavy atom. The quantitative estimate of drug-likeness (QED) is 0.128. The van der Waals surface area contributed by atoms with E-state index in [0.29, 0.717) is 42.0 Å². The number of hydroxylamine groups is 2. The molecule has 1 unspecified atom stereocenters. The fraction of sp³-hybridized carbons (Fsp3) is 0.565. The van der Waals surface area contributed by atoms with Crippen LogP contribution in [0.4, 0.5) is 0 Å². The van der Waals surface area contributed by atoms with E-state index in [2.05, 4.69) is 54.5 Å². The summed E-state index contributed by atoms with van der Waals surface area (Å²) in [6, 6.07) is 21.5. The van der Waals surface area contributed by atoms with Gasteiger partial charge in [-0.15, -0.1) is 0 Å². The number of benzene rings is 3. The van der Waals surface area contributed by atoms with Gasteiger partial charge in [0.2, 0.25) is 5.91 Å². The molecule has 10 heteroatoms. The number of carbonyl (C=O) groups excluding carboxylic acids is 2. The largest absolute Gasteiger partial charge is 0.496 e. The average Bonchev–Trinajstić information content (AvgIpc) is 3.54. The fourth-order valence-electron chi connectivity index (χ4n) is 10.2. The lowest BCUT2D eigenvalue weighted by molar-refractivity contribution is -0.183. The highest BCUT2D eigenvalue weighted by Crippen LogP contribution is 2.61. The second-order valence-electron chi connectivity index (χ2n) is 17.6. The Bertz CT molecular complexity index is 1810. The van der Waals surface area contributed by atoms with Crippen molar-refractivity contribution in [3.63, 3.8) is 0 Å². The maximum Gasteiger partial charge on any atom is 0.240 e. The second kappa shape index (κ2) is 17.9. The molecule has 0 radical (unpaired) electrons. The molecule has 4 aliphatic rings. The van der Waals surface area contributed by atoms with Gasteiger partial charge in [-0.2, -0.15) is 5.06 Å². The molecule has 0 spiro atoms. The number of ketones is 1. The molecule has 1 saturated heterocycles. The zero-order valence-electron chi connectivity index (χ0n) is 34.6. The van der Waals surface area contributed by atoms with Gasteiger partial charge in [0.1, 0.15) is 17.9 Å². The maximum absolute atomic E-state index is 14.3. The van der Waals surface area contributed by atoms with E-state index in [1.165, 1.54) is 12.0 Å². The van der Waals surface area contributed by atoms with Gasteiger partial charge in [-0.3, -0.25) is 14.4 Å². The van der Waals surface area contributed by atoms with Crippen molar-refractivity contribution in [1.82, 2.24) is 20.6 Å². The predicted molar refractivity (Wildman–Crippen MR) is 220 cm³/mol. The smallest absolute Gasteiger partial charge is 0.240 e. The van der Waals surface area contributed by atoms with Crippen LogP contribution in [0.5, 0.6) is 5.75 Å². The van der Waals surface area contributed by atoms with Gasteiger partial charge in [-0.05, 0) is 111 Å². The van der Waals surface area contributed by atoms with Gasteiger partial charge in [0.15, 0.2) is 5.78 Å². The highest BCUT2D eigenvalue weighted by molar-refractivity contribution is 5.98. The van der Waals surface area contributed by atoms with Crippen LogP contribution in [0.25, 0.3) is 11.1 Å². The number of carbonyl (C=O) groups is 2. The van der Waals surface area contributed by atoms with Crippen molar-refractivity contribution in [3.05, 3.63) is 89.0 Å². The Hall–Kier alpha value is -3.64. The summed E-state index contributed by atoms with van der Waals surface area (Å²) in [7, 11) is 7.61. The molecule has 3 aliphatic carbocycles. The monoisotopic (exact) mass is 768 g/mol. The number of aliphatic hydroxyl groups excluding tert-OH is 2. The van der Waals surface area contributed by atoms with E-state index in [1.54, 1.807) is 19.1 Å². The molecule has 3 aromatic rings. The van der Waals surface area contributed by atoms with E-state index < -0.39 is 24.2 Å². The minimum Gasteiger partial charge on any atom is -0.496 e. The summed E-state index contributed by atoms with van der Waals surface area (Å²) in [6.45, 7) is 9.81. The lowest BCUT2D eigenvalue weighted by atomic mass is 9.45. The third kappa shape index (κ3) is 8.91. The number of methoxy groups -OCH3 is 1. The van der Waals surface area contributed by atoms with Crippen molar-refractivity contribution in [2.24, 2.45) is 35.0 Å². The number of fused-ring (bicyclic) bond motifs is 2. The summed E-state index contributed by atoms with van der Waals surface area (Å²) < 4.78 is 6.12. The Balaban J connectivity index is 1.28. The Kier molecular flexibility index (Phi) is 13.4. The zero-order chi connectivity index (χ0) is 40.3. The summed E-state index contributed by atoms with van der Waals surface area (Å²) in [4.78, 5) is 36.9. The third-order valence-corrected chi connectivity index (χ3v) is 13.2. The van der Waals surface area contributed by atoms with E-state index in [0.717, 1.165) is 41.6 Å². The molecule has 0 aromatic heterocycles. The molecule has 2 bridgehead atoms. The van der Waals surface area contributed by atoms with Gasteiger partial charge in [0.05, 0.1) is 26.4 Å². The standard InChI is InChI=1S/C46H64N4O6/c1-28-38-22-36(46(38,3)4)23-39(28)48-45(54)43-42(29(2)52)41(27-51)56-50(43)26-33-15-12-16-37(44(33)55-8)34-18-31(24-47-5)19-35(21-34)40(53)20-32(25-49(6)7)17-30-13-10-9-11-14-30/h9-16,18-19,21,28-29,32,36,38-39,41-43,47,51-52H,17,20,22-27H2,1-8H3,(H,48,54)/t28-,29-,32+,36+,38-,39-,41-,42+,43?/m0/s1. The number of hydrogen-bond donors (Lipinski definition) is 4. The van der Waals surface area contributed by atoms with Crippen molar-refractivity contribution < 1.29 is 29.4 Å². The molecule has 9 atom stereocenters. The minimum absolute atomic E-state index is 0.0418. The molecule has 4 fully saturated rings. The molecule has 1 amide bonds. The summed E-state index contributed by atoms with van der Waals surface area (Å²) in [5.41, 5.74) is 5.58. The van der Waals surface area contributed by atoms with E-state index in [4.69, 9.17) is 9.57 Å². The average molecular weight is 769 g/mol. The van der Waals surface area contributed by atoms with E-state index in [1.807, 2.05) is 69.7 Å². The van der Waals surface area contributed by atoms with Crippen molar-refractivity contribution >= 4 is 11.7 Å². The fourth-order valence-corrected chi connectivity index (χ4v) is 10.2. The van der Waals surface area contributed by atoms with Crippen LogP contribution in [0.3, 0.4) is 0 Å². The number of nitrogens with one attached hydrogen (secondary N) is 2. The number of aliphatic hydroxyl groups is 2. The topological polar surface area (TPSA) is 124 Å². The molecule has 3 aromatic carbocycles. The number of nitrogens with zero attached hydrogens (tertiary/aromatic N) is 2. The first-order valence-electron chi connectivity index (χ1n) is 20.4. The van der Waals surface area contributed by atoms with E-state index >= 15 is 0 Å². The first-order valence-corrected chi connectivity index (χ1v) is 20.4. The number of Topliss-reactive ketones (excluding diaryl/α,β-unsaturated/α-hetero) is 1. The minimum atomic E-state index is -0.895. The normalized spacial score (nSPS) is 26.7. The number of hydrogen-bond acceptors (Lipinski definition) is 9. The van der Waals surface area contributed by atoms with E-state index in [9.17, 15) is 19.8 Å². The van der Waals surface area contributed by atoms with Crippen LogP contribution in [0, 0.1) is 35.0 Å². The van der Waals surface area contributed by atoms with Crippen LogP contribution in [0.1, 0.15) is 74.0 Å². The summed E-state index contributed by atoms with van der Waals surface area (Å²) in [6.07, 6.45) is 1.72. The summed E-state index contributed by atoms with van der Waals surface area (Å²) in [5, 5.41) is 29.6. The lowest BCUT2D eigenvalue weighted by Crippen LogP contribution is -2.62. The van der Waals surface area contributed by atoms with Crippen LogP contribution < -0.4 is 15.4 Å². The van der Waals surface area contributed by atoms with Gasteiger partial charge < -0.3 is 30.5 Å². The van der Waals surface area contributed by atoms with Gasteiger partial charge in [-0.25, -0.2) is 0 Å². The van der Waals surface area contributed by atoms with Crippen molar-refractivity contribution in [2.75, 3.05) is 41.4 Å². The molecule has 7 rings (SSSR count). The molecule has 1 heterocycles. The van der Waals surface area contributed by atoms with Crippen LogP contribution in [0.15, 0.2) is 66.7 Å². The maximum atomic E-state index is 14.3. The highest BCUT2D eigenvalue weighted by atomic mass is 16.7. The summed E-state index contributed by atoms with van der Waals surface area (Å²) in [5.74, 6) is 1.48. The van der Waals surface area contributed by atoms with Crippen LogP contribution in [-0.4, -0.2) is 97.6 Å². The van der Waals surface area contributed by atoms with Gasteiger partial charge in [-0.1, -0.05) is 69.3 Å². The second-order valence-corrected chi connectivity index (χ2v) is 17.6. The van der Waals surface area contributed by atoms with Gasteiger partial charge in [0.25, 0.3) is 0 Å². The van der Waals surface area contributed by atoms with Crippen molar-refractivity contribution in [3.8, 4) is 16.9 Å². The number of para-hydroxylation sites is 1. The molecule has 4 N–H and O–H groups in total. The first kappa shape index (κ1) is 42.0. The zero-order valence-corrected chi connectivity index (χ0v) is 34.6. The third-order valence-electron chi connectivity index (χ3n) is 13.2. The Labute approximate surface area is 333 Å². The first-order chi connectivity index (χ1) is 26.7. The molecule has 3 saturated carbocycles. The highest BCUT2D eigenvalue weighted by Gasteiger charge is 2.57. The van der Waals surface area contributed by atoms with Crippen molar-refractivity contribution in [1.29, 1.82) is 0 Å². The molecule has 56 heavy (non-hydrogen) atoms. The van der Waals surface area contributed by atoms with Crippen LogP contribution >= 0.6 is 0 Å². The lowest BCUT2D eigenvalue weighted by Gasteiger charge is -2.62. The molecular weight excluding hydrogens is 705 g/mol. The van der Waals surface area contributed by atoms with Gasteiger partial charge in [0, 0.05) is 48.2 Å². The Morgan fingerprint density at radius 2 is 1.80 bits per heavy atom. The molecular formula is C46H64N4O6. The predicted octanol–water partition coefficient (Wildman–Crippen LogP) is 5.74. The molecule has 10 nitrogen and oxygen atoms in total. The van der Waals surface area contributed by atoms with Gasteiger partial charge >= 0.3 is 0 Å². The van der Waals surface area contributed by atoms with E-state index in [-0.39, 0.29) is 42.2 Å². The summed E-state index contributed by atoms with van der Waals surface area (Å²) >= 11 is 0. The SMILES string of the molecule is CNCc1cc(C(=O)C[C@@H](Cc2ccccc2)CN(C)C)cc(-c2cccc(CN3O[C@@H](CO)[C@@H]([C@H](C)O)C3C(=O)N[C@H]3C[C@H]4C[C@@H]([C@@H]3C)C4(C)C)c2OC)c1.